The number of likely N-dealkylation sites (N-methyl/N-ethyl adjacent to an activating group) is 1. The van der Waals surface area contributed by atoms with Crippen LogP contribution in [0.3, 0.4) is 0 Å². The Labute approximate surface area is 162 Å². The number of nitrogens with zero attached hydrogens (tertiary/aromatic N) is 3. The van der Waals surface area contributed by atoms with Gasteiger partial charge in [0.2, 0.25) is 12.2 Å². The van der Waals surface area contributed by atoms with Gasteiger partial charge in [0, 0.05) is 6.54 Å². The fourth-order valence-corrected chi connectivity index (χ4v) is 3.79. The highest BCUT2D eigenvalue weighted by molar-refractivity contribution is 7.07. The molecule has 6 nitrogen and oxygen atoms in total. The van der Waals surface area contributed by atoms with Crippen molar-refractivity contribution in [1.82, 2.24) is 15.5 Å². The van der Waals surface area contributed by atoms with Crippen molar-refractivity contribution in [3.8, 4) is 11.9 Å². The zero-order chi connectivity index (χ0) is 19.2. The highest BCUT2D eigenvalue weighted by Crippen LogP contribution is 2.25. The van der Waals surface area contributed by atoms with Crippen molar-refractivity contribution in [2.45, 2.75) is 18.5 Å². The number of guanidine groups is 1. The minimum Gasteiger partial charge on any atom is -0.491 e. The molecule has 1 aromatic heterocycles. The van der Waals surface area contributed by atoms with E-state index >= 15 is 0 Å². The molecule has 0 bridgehead atoms. The lowest BCUT2D eigenvalue weighted by Gasteiger charge is -2.29. The largest absolute Gasteiger partial charge is 0.491 e. The second-order valence-electron chi connectivity index (χ2n) is 6.59. The minimum atomic E-state index is -0.286. The van der Waals surface area contributed by atoms with Crippen LogP contribution in [-0.2, 0) is 6.42 Å². The van der Waals surface area contributed by atoms with Crippen LogP contribution in [0.15, 0.2) is 40.0 Å². The molecule has 27 heavy (non-hydrogen) atoms. The normalized spacial score (nSPS) is 17.6. The van der Waals surface area contributed by atoms with Gasteiger partial charge in [0.25, 0.3) is 0 Å². The van der Waals surface area contributed by atoms with Gasteiger partial charge in [-0.1, -0.05) is 0 Å². The maximum atomic E-state index is 13.5. The van der Waals surface area contributed by atoms with Crippen LogP contribution in [-0.4, -0.2) is 44.1 Å². The number of fused-ring (bicyclic) bond motifs is 1. The van der Waals surface area contributed by atoms with Crippen LogP contribution in [0.25, 0.3) is 0 Å². The summed E-state index contributed by atoms with van der Waals surface area (Å²) >= 11 is 1.65. The quantitative estimate of drug-likeness (QED) is 0.469. The summed E-state index contributed by atoms with van der Waals surface area (Å²) in [6.45, 7) is 1.02. The molecule has 1 aromatic carbocycles. The summed E-state index contributed by atoms with van der Waals surface area (Å²) in [7, 11) is 4.03. The lowest BCUT2D eigenvalue weighted by atomic mass is 10.0. The first-order chi connectivity index (χ1) is 13.1. The van der Waals surface area contributed by atoms with Gasteiger partial charge in [-0.3, -0.25) is 0 Å². The molecule has 3 rings (SSSR count). The molecule has 1 aliphatic rings. The van der Waals surface area contributed by atoms with Gasteiger partial charge in [0.1, 0.15) is 18.2 Å². The first-order valence-electron chi connectivity index (χ1n) is 8.63. The predicted molar refractivity (Wildman–Crippen MR) is 104 cm³/mol. The SMILES string of the molecule is CN(C)[C@H](CNC(=NC#N)NC1COc2ccc(F)cc2C1)c1ccsc1. The monoisotopic (exact) mass is 387 g/mol. The zero-order valence-electron chi connectivity index (χ0n) is 15.3. The van der Waals surface area contributed by atoms with Crippen LogP contribution in [0, 0.1) is 17.3 Å². The molecule has 0 saturated heterocycles. The van der Waals surface area contributed by atoms with E-state index in [0.717, 1.165) is 5.56 Å². The summed E-state index contributed by atoms with van der Waals surface area (Å²) in [6, 6.07) is 6.66. The van der Waals surface area contributed by atoms with E-state index in [4.69, 9.17) is 10.00 Å². The fraction of sp³-hybridized carbons (Fsp3) is 0.368. The van der Waals surface area contributed by atoms with Gasteiger partial charge >= 0.3 is 0 Å². The number of thiophene rings is 1. The molecular formula is C19H22FN5OS. The highest BCUT2D eigenvalue weighted by Gasteiger charge is 2.22. The van der Waals surface area contributed by atoms with Crippen LogP contribution in [0.4, 0.5) is 4.39 Å². The smallest absolute Gasteiger partial charge is 0.209 e. The van der Waals surface area contributed by atoms with Crippen molar-refractivity contribution < 1.29 is 9.13 Å². The van der Waals surface area contributed by atoms with E-state index in [-0.39, 0.29) is 17.9 Å². The number of rotatable bonds is 5. The summed E-state index contributed by atoms with van der Waals surface area (Å²) in [6.07, 6.45) is 2.42. The molecule has 0 aliphatic carbocycles. The van der Waals surface area contributed by atoms with Crippen molar-refractivity contribution in [3.05, 3.63) is 52.0 Å². The Balaban J connectivity index is 1.63. The number of benzene rings is 1. The molecule has 1 unspecified atom stereocenters. The van der Waals surface area contributed by atoms with Gasteiger partial charge < -0.3 is 20.3 Å². The number of halogens is 1. The van der Waals surface area contributed by atoms with Crippen LogP contribution in [0.2, 0.25) is 0 Å². The number of nitrogens with one attached hydrogen (secondary N) is 2. The van der Waals surface area contributed by atoms with Gasteiger partial charge in [0.15, 0.2) is 0 Å². The molecule has 2 atom stereocenters. The molecule has 0 amide bonds. The molecule has 2 aromatic rings. The highest BCUT2D eigenvalue weighted by atomic mass is 32.1. The molecule has 0 fully saturated rings. The van der Waals surface area contributed by atoms with Gasteiger partial charge in [0.05, 0.1) is 12.1 Å². The van der Waals surface area contributed by atoms with E-state index in [1.807, 2.05) is 25.7 Å². The summed E-state index contributed by atoms with van der Waals surface area (Å²) in [5.41, 5.74) is 2.01. The Morgan fingerprint density at radius 3 is 3.04 bits per heavy atom. The Morgan fingerprint density at radius 1 is 1.48 bits per heavy atom. The molecule has 142 valence electrons. The average Bonchev–Trinajstić information content (AvgIpc) is 3.15. The average molecular weight is 387 g/mol. The van der Waals surface area contributed by atoms with Crippen LogP contribution >= 0.6 is 11.3 Å². The molecule has 0 radical (unpaired) electrons. The lowest BCUT2D eigenvalue weighted by Crippen LogP contribution is -2.49. The van der Waals surface area contributed by atoms with E-state index in [2.05, 4.69) is 32.0 Å². The Morgan fingerprint density at radius 2 is 2.33 bits per heavy atom. The third-order valence-electron chi connectivity index (χ3n) is 4.45. The van der Waals surface area contributed by atoms with E-state index in [9.17, 15) is 4.39 Å². The number of hydrogen-bond donors (Lipinski definition) is 2. The zero-order valence-corrected chi connectivity index (χ0v) is 16.1. The van der Waals surface area contributed by atoms with Gasteiger partial charge in [-0.15, -0.1) is 4.99 Å². The maximum Gasteiger partial charge on any atom is 0.209 e. The van der Waals surface area contributed by atoms with Crippen molar-refractivity contribution in [2.75, 3.05) is 27.2 Å². The maximum absolute atomic E-state index is 13.5. The van der Waals surface area contributed by atoms with E-state index in [1.54, 1.807) is 17.4 Å². The summed E-state index contributed by atoms with van der Waals surface area (Å²) < 4.78 is 19.2. The van der Waals surface area contributed by atoms with Crippen molar-refractivity contribution in [2.24, 2.45) is 4.99 Å². The molecular weight excluding hydrogens is 365 g/mol. The second-order valence-corrected chi connectivity index (χ2v) is 7.37. The van der Waals surface area contributed by atoms with Crippen molar-refractivity contribution in [1.29, 1.82) is 5.26 Å². The second kappa shape index (κ2) is 8.84. The molecule has 2 heterocycles. The van der Waals surface area contributed by atoms with Crippen molar-refractivity contribution in [3.63, 3.8) is 0 Å². The molecule has 0 spiro atoms. The molecule has 0 saturated carbocycles. The summed E-state index contributed by atoms with van der Waals surface area (Å²) in [4.78, 5) is 5.97. The first kappa shape index (κ1) is 19.1. The molecule has 8 heteroatoms. The third kappa shape index (κ3) is 4.96. The third-order valence-corrected chi connectivity index (χ3v) is 5.15. The predicted octanol–water partition coefficient (Wildman–Crippen LogP) is 2.51. The number of ether oxygens (including phenoxy) is 1. The fourth-order valence-electron chi connectivity index (χ4n) is 3.08. The molecule has 1 aliphatic heterocycles. The van der Waals surface area contributed by atoms with Crippen LogP contribution in [0.5, 0.6) is 5.75 Å². The van der Waals surface area contributed by atoms with Crippen LogP contribution in [0.1, 0.15) is 17.2 Å². The molecule has 2 N–H and O–H groups in total. The van der Waals surface area contributed by atoms with Crippen LogP contribution < -0.4 is 15.4 Å². The standard InChI is InChI=1S/C19H22FN5OS/c1-25(2)17(13-5-6-27-11-13)9-22-19(23-12-21)24-16-8-14-7-15(20)3-4-18(14)26-10-16/h3-7,11,16-17H,8-10H2,1-2H3,(H2,22,23,24)/t16?,17-/m1/s1. The Bertz CT molecular complexity index is 831. The lowest BCUT2D eigenvalue weighted by molar-refractivity contribution is 0.250. The number of nitriles is 1. The van der Waals surface area contributed by atoms with E-state index in [1.165, 1.54) is 17.7 Å². The number of hydrogen-bond acceptors (Lipinski definition) is 5. The summed E-state index contributed by atoms with van der Waals surface area (Å²) in [5, 5.41) is 19.6. The Hall–Kier alpha value is -2.63. The van der Waals surface area contributed by atoms with E-state index < -0.39 is 0 Å². The van der Waals surface area contributed by atoms with Gasteiger partial charge in [-0.25, -0.2) is 4.39 Å². The van der Waals surface area contributed by atoms with Crippen molar-refractivity contribution >= 4 is 17.3 Å². The van der Waals surface area contributed by atoms with Gasteiger partial charge in [-0.05, 0) is 66.7 Å². The van der Waals surface area contributed by atoms with Gasteiger partial charge in [-0.2, -0.15) is 16.6 Å². The first-order valence-corrected chi connectivity index (χ1v) is 9.58. The topological polar surface area (TPSA) is 72.7 Å². The number of aliphatic imine (C=N–C) groups is 1. The Kier molecular flexibility index (Phi) is 6.27. The minimum absolute atomic E-state index is 0.0992. The summed E-state index contributed by atoms with van der Waals surface area (Å²) in [5.74, 6) is 0.811. The van der Waals surface area contributed by atoms with E-state index in [0.29, 0.717) is 31.3 Å².